The number of rotatable bonds is 7. The van der Waals surface area contributed by atoms with Gasteiger partial charge in [0.25, 0.3) is 0 Å². The molecule has 2 aromatic heterocycles. The van der Waals surface area contributed by atoms with Gasteiger partial charge in [-0.05, 0) is 46.6 Å². The first-order valence-electron chi connectivity index (χ1n) is 6.29. The summed E-state index contributed by atoms with van der Waals surface area (Å²) in [5.74, 6) is 0. The maximum absolute atomic E-state index is 4.09. The largest absolute Gasteiger partial charge is 0.384 e. The Morgan fingerprint density at radius 2 is 1.95 bits per heavy atom. The van der Waals surface area contributed by atoms with Crippen molar-refractivity contribution in [3.63, 3.8) is 0 Å². The van der Waals surface area contributed by atoms with E-state index in [1.54, 1.807) is 18.6 Å². The molecule has 2 rings (SSSR count). The summed E-state index contributed by atoms with van der Waals surface area (Å²) in [6.07, 6.45) is 8.32. The van der Waals surface area contributed by atoms with Gasteiger partial charge in [0, 0.05) is 37.9 Å². The summed E-state index contributed by atoms with van der Waals surface area (Å²) in [6, 6.07) is 6.00. The van der Waals surface area contributed by atoms with Crippen LogP contribution < -0.4 is 10.6 Å². The van der Waals surface area contributed by atoms with Crippen molar-refractivity contribution < 1.29 is 0 Å². The maximum atomic E-state index is 4.09. The summed E-state index contributed by atoms with van der Waals surface area (Å²) >= 11 is 3.46. The van der Waals surface area contributed by atoms with Gasteiger partial charge in [-0.1, -0.05) is 6.07 Å². The number of hydrogen-bond acceptors (Lipinski definition) is 4. The van der Waals surface area contributed by atoms with E-state index in [0.717, 1.165) is 36.2 Å². The third kappa shape index (κ3) is 4.96. The first kappa shape index (κ1) is 14.0. The van der Waals surface area contributed by atoms with Crippen LogP contribution in [0.5, 0.6) is 0 Å². The van der Waals surface area contributed by atoms with Crippen molar-refractivity contribution >= 4 is 21.6 Å². The van der Waals surface area contributed by atoms with Crippen molar-refractivity contribution in [1.82, 2.24) is 15.3 Å². The lowest BCUT2D eigenvalue weighted by Crippen LogP contribution is -2.17. The second kappa shape index (κ2) is 7.86. The minimum Gasteiger partial charge on any atom is -0.384 e. The third-order valence-electron chi connectivity index (χ3n) is 2.67. The second-order valence-electron chi connectivity index (χ2n) is 4.17. The highest BCUT2D eigenvalue weighted by atomic mass is 79.9. The van der Waals surface area contributed by atoms with Gasteiger partial charge in [0.15, 0.2) is 0 Å². The van der Waals surface area contributed by atoms with Crippen LogP contribution in [0.1, 0.15) is 12.0 Å². The van der Waals surface area contributed by atoms with Crippen molar-refractivity contribution in [3.05, 3.63) is 53.0 Å². The van der Waals surface area contributed by atoms with Crippen LogP contribution in [0.4, 0.5) is 5.69 Å². The zero-order valence-electron chi connectivity index (χ0n) is 10.6. The van der Waals surface area contributed by atoms with Gasteiger partial charge in [-0.3, -0.25) is 9.97 Å². The van der Waals surface area contributed by atoms with Gasteiger partial charge >= 0.3 is 0 Å². The van der Waals surface area contributed by atoms with E-state index in [2.05, 4.69) is 42.6 Å². The fourth-order valence-corrected chi connectivity index (χ4v) is 2.08. The maximum Gasteiger partial charge on any atom is 0.0590 e. The topological polar surface area (TPSA) is 49.8 Å². The normalized spacial score (nSPS) is 10.4. The van der Waals surface area contributed by atoms with E-state index in [-0.39, 0.29) is 0 Å². The minimum atomic E-state index is 0.868. The quantitative estimate of drug-likeness (QED) is 0.770. The Labute approximate surface area is 121 Å². The number of halogens is 1. The molecule has 0 fully saturated rings. The molecule has 0 aliphatic rings. The Kier molecular flexibility index (Phi) is 5.78. The van der Waals surface area contributed by atoms with Crippen molar-refractivity contribution in [2.75, 3.05) is 18.4 Å². The van der Waals surface area contributed by atoms with Crippen LogP contribution in [-0.4, -0.2) is 23.1 Å². The highest BCUT2D eigenvalue weighted by Gasteiger charge is 1.97. The first-order chi connectivity index (χ1) is 9.36. The molecule has 0 atom stereocenters. The average Bonchev–Trinajstić information content (AvgIpc) is 2.45. The van der Waals surface area contributed by atoms with Crippen molar-refractivity contribution in [3.8, 4) is 0 Å². The van der Waals surface area contributed by atoms with Crippen LogP contribution in [-0.2, 0) is 6.54 Å². The van der Waals surface area contributed by atoms with Crippen LogP contribution in [0.15, 0.2) is 47.5 Å². The van der Waals surface area contributed by atoms with E-state index in [1.165, 1.54) is 5.56 Å². The van der Waals surface area contributed by atoms with Crippen molar-refractivity contribution in [1.29, 1.82) is 0 Å². The molecule has 2 aromatic rings. The monoisotopic (exact) mass is 320 g/mol. The van der Waals surface area contributed by atoms with Gasteiger partial charge in [0.2, 0.25) is 0 Å². The van der Waals surface area contributed by atoms with Crippen molar-refractivity contribution in [2.45, 2.75) is 13.0 Å². The molecule has 100 valence electrons. The minimum absolute atomic E-state index is 0.868. The molecule has 0 aliphatic heterocycles. The molecule has 0 saturated heterocycles. The molecule has 0 aliphatic carbocycles. The predicted molar refractivity (Wildman–Crippen MR) is 81.0 cm³/mol. The Morgan fingerprint density at radius 1 is 1.05 bits per heavy atom. The summed E-state index contributed by atoms with van der Waals surface area (Å²) in [7, 11) is 0. The lowest BCUT2D eigenvalue weighted by molar-refractivity contribution is 0.662. The van der Waals surface area contributed by atoms with Gasteiger partial charge in [-0.15, -0.1) is 0 Å². The Hall–Kier alpha value is -1.46. The smallest absolute Gasteiger partial charge is 0.0590 e. The standard InChI is InChI=1S/C14H17BrN4/c15-13-11-18-8-4-14(13)19-7-2-6-17-10-12-3-1-5-16-9-12/h1,3-5,8-9,11,17H,2,6-7,10H2,(H,18,19). The van der Waals surface area contributed by atoms with Crippen LogP contribution in [0, 0.1) is 0 Å². The van der Waals surface area contributed by atoms with Crippen LogP contribution >= 0.6 is 15.9 Å². The van der Waals surface area contributed by atoms with E-state index in [0.29, 0.717) is 0 Å². The van der Waals surface area contributed by atoms with Gasteiger partial charge < -0.3 is 10.6 Å². The fourth-order valence-electron chi connectivity index (χ4n) is 1.69. The zero-order valence-corrected chi connectivity index (χ0v) is 12.2. The molecular weight excluding hydrogens is 304 g/mol. The zero-order chi connectivity index (χ0) is 13.3. The summed E-state index contributed by atoms with van der Waals surface area (Å²) < 4.78 is 0.998. The molecule has 5 heteroatoms. The van der Waals surface area contributed by atoms with Gasteiger partial charge in [-0.25, -0.2) is 0 Å². The summed E-state index contributed by atoms with van der Waals surface area (Å²) in [6.45, 7) is 2.78. The number of pyridine rings is 2. The molecule has 2 N–H and O–H groups in total. The number of nitrogens with one attached hydrogen (secondary N) is 2. The van der Waals surface area contributed by atoms with Gasteiger partial charge in [0.05, 0.1) is 10.2 Å². The highest BCUT2D eigenvalue weighted by molar-refractivity contribution is 9.10. The van der Waals surface area contributed by atoms with Crippen LogP contribution in [0.3, 0.4) is 0 Å². The number of aromatic nitrogens is 2. The fraction of sp³-hybridized carbons (Fsp3) is 0.286. The molecule has 2 heterocycles. The third-order valence-corrected chi connectivity index (χ3v) is 3.30. The van der Waals surface area contributed by atoms with Gasteiger partial charge in [-0.2, -0.15) is 0 Å². The van der Waals surface area contributed by atoms with E-state index in [9.17, 15) is 0 Å². The van der Waals surface area contributed by atoms with Gasteiger partial charge in [0.1, 0.15) is 0 Å². The molecule has 0 aromatic carbocycles. The predicted octanol–water partition coefficient (Wildman–Crippen LogP) is 2.83. The molecule has 0 unspecified atom stereocenters. The molecule has 0 saturated carbocycles. The van der Waals surface area contributed by atoms with Crippen LogP contribution in [0.2, 0.25) is 0 Å². The molecule has 0 spiro atoms. The molecular formula is C14H17BrN4. The van der Waals surface area contributed by atoms with E-state index < -0.39 is 0 Å². The summed E-state index contributed by atoms with van der Waals surface area (Å²) in [5, 5.41) is 6.77. The number of nitrogens with zero attached hydrogens (tertiary/aromatic N) is 2. The number of hydrogen-bond donors (Lipinski definition) is 2. The van der Waals surface area contributed by atoms with E-state index in [1.807, 2.05) is 18.3 Å². The number of anilines is 1. The summed E-state index contributed by atoms with van der Waals surface area (Å²) in [4.78, 5) is 8.12. The molecule has 0 amide bonds. The lowest BCUT2D eigenvalue weighted by atomic mass is 10.3. The molecule has 0 bridgehead atoms. The Balaban J connectivity index is 1.59. The lowest BCUT2D eigenvalue weighted by Gasteiger charge is -2.08. The highest BCUT2D eigenvalue weighted by Crippen LogP contribution is 2.19. The molecule has 0 radical (unpaired) electrons. The summed E-state index contributed by atoms with van der Waals surface area (Å²) in [5.41, 5.74) is 2.30. The second-order valence-corrected chi connectivity index (χ2v) is 5.03. The SMILES string of the molecule is Brc1cnccc1NCCCNCc1cccnc1. The van der Waals surface area contributed by atoms with Crippen molar-refractivity contribution in [2.24, 2.45) is 0 Å². The van der Waals surface area contributed by atoms with Crippen LogP contribution in [0.25, 0.3) is 0 Å². The molecule has 4 nitrogen and oxygen atoms in total. The van der Waals surface area contributed by atoms with E-state index >= 15 is 0 Å². The Morgan fingerprint density at radius 3 is 2.74 bits per heavy atom. The first-order valence-corrected chi connectivity index (χ1v) is 7.08. The average molecular weight is 321 g/mol. The molecule has 19 heavy (non-hydrogen) atoms. The van der Waals surface area contributed by atoms with E-state index in [4.69, 9.17) is 0 Å². The Bertz CT molecular complexity index is 490.